The van der Waals surface area contributed by atoms with Crippen molar-refractivity contribution in [2.45, 2.75) is 0 Å². The Bertz CT molecular complexity index is 2820. The molecule has 0 N–H and O–H groups in total. The summed E-state index contributed by atoms with van der Waals surface area (Å²) in [5, 5.41) is 6.21. The van der Waals surface area contributed by atoms with Crippen LogP contribution in [-0.4, -0.2) is 15.0 Å². The first kappa shape index (κ1) is 26.6. The molecule has 5 nitrogen and oxygen atoms in total. The Kier molecular flexibility index (Phi) is 5.81. The van der Waals surface area contributed by atoms with Crippen LogP contribution in [-0.2, 0) is 0 Å². The van der Waals surface area contributed by atoms with Crippen LogP contribution in [0.5, 0.6) is 0 Å². The van der Waals surface area contributed by atoms with Gasteiger partial charge in [-0.15, -0.1) is 0 Å². The topological polar surface area (TPSA) is 65.0 Å². The zero-order valence-electron chi connectivity index (χ0n) is 25.6. The van der Waals surface area contributed by atoms with Crippen molar-refractivity contribution in [1.29, 1.82) is 0 Å². The molecule has 10 rings (SSSR count). The summed E-state index contributed by atoms with van der Waals surface area (Å²) in [5.74, 6) is 1.73. The number of hydrogen-bond donors (Lipinski definition) is 0. The summed E-state index contributed by atoms with van der Waals surface area (Å²) in [6, 6.07) is 51.5. The van der Waals surface area contributed by atoms with Crippen LogP contribution >= 0.6 is 0 Å². The highest BCUT2D eigenvalue weighted by Gasteiger charge is 2.23. The van der Waals surface area contributed by atoms with Gasteiger partial charge in [-0.3, -0.25) is 0 Å². The molecule has 48 heavy (non-hydrogen) atoms. The first-order chi connectivity index (χ1) is 23.8. The quantitative estimate of drug-likeness (QED) is 0.197. The highest BCUT2D eigenvalue weighted by molar-refractivity contribution is 6.34. The van der Waals surface area contributed by atoms with Crippen LogP contribution in [0.2, 0.25) is 0 Å². The van der Waals surface area contributed by atoms with Crippen molar-refractivity contribution < 1.29 is 8.83 Å². The minimum Gasteiger partial charge on any atom is -0.455 e. The number of aromatic nitrogens is 3. The maximum Gasteiger partial charge on any atom is 0.167 e. The number of hydrogen-bond acceptors (Lipinski definition) is 5. The van der Waals surface area contributed by atoms with Crippen LogP contribution in [0, 0.1) is 0 Å². The molecular weight excluding hydrogens is 590 g/mol. The minimum absolute atomic E-state index is 0.542. The fourth-order valence-corrected chi connectivity index (χ4v) is 6.88. The van der Waals surface area contributed by atoms with E-state index in [1.54, 1.807) is 0 Å². The third kappa shape index (κ3) is 4.08. The molecule has 0 amide bonds. The summed E-state index contributed by atoms with van der Waals surface area (Å²) in [6.07, 6.45) is 0. The molecule has 7 aromatic carbocycles. The van der Waals surface area contributed by atoms with E-state index in [1.807, 2.05) is 72.8 Å². The predicted octanol–water partition coefficient (Wildman–Crippen LogP) is 11.5. The van der Waals surface area contributed by atoms with Crippen molar-refractivity contribution in [2.75, 3.05) is 0 Å². The monoisotopic (exact) mass is 615 g/mol. The molecule has 0 fully saturated rings. The molecule has 0 radical (unpaired) electrons. The van der Waals surface area contributed by atoms with Crippen LogP contribution in [0.3, 0.4) is 0 Å². The molecule has 0 atom stereocenters. The normalized spacial score (nSPS) is 11.8. The van der Waals surface area contributed by atoms with E-state index in [-0.39, 0.29) is 0 Å². The van der Waals surface area contributed by atoms with Crippen molar-refractivity contribution in [3.63, 3.8) is 0 Å². The molecule has 0 aliphatic rings. The average Bonchev–Trinajstić information content (AvgIpc) is 3.75. The first-order valence-corrected chi connectivity index (χ1v) is 15.9. The van der Waals surface area contributed by atoms with Crippen LogP contribution in [0.1, 0.15) is 0 Å². The summed E-state index contributed by atoms with van der Waals surface area (Å²) in [7, 11) is 0. The molecule has 0 spiro atoms. The second kappa shape index (κ2) is 10.5. The lowest BCUT2D eigenvalue weighted by molar-refractivity contribution is 0.665. The smallest absolute Gasteiger partial charge is 0.167 e. The number of benzene rings is 7. The summed E-state index contributed by atoms with van der Waals surface area (Å²) in [6.45, 7) is 0. The molecule has 0 aliphatic carbocycles. The van der Waals surface area contributed by atoms with E-state index >= 15 is 0 Å². The maximum atomic E-state index is 6.85. The van der Waals surface area contributed by atoms with Gasteiger partial charge in [0.2, 0.25) is 0 Å². The van der Waals surface area contributed by atoms with Gasteiger partial charge in [-0.2, -0.15) is 0 Å². The summed E-state index contributed by atoms with van der Waals surface area (Å²) in [4.78, 5) is 15.1. The Balaban J connectivity index is 1.23. The number of nitrogens with zero attached hydrogens (tertiary/aromatic N) is 3. The molecule has 0 unspecified atom stereocenters. The van der Waals surface area contributed by atoms with Gasteiger partial charge >= 0.3 is 0 Å². The molecular formula is C43H25N3O2. The van der Waals surface area contributed by atoms with Crippen molar-refractivity contribution in [3.8, 4) is 45.3 Å². The SMILES string of the molecule is c1ccc(-c2ccc(-c3nc(-c4ccccc4)nc(-c4cccc5c4oc4c6ccccc6c6c7ccccc7oc6c54)n3)cc2)cc1. The fourth-order valence-electron chi connectivity index (χ4n) is 6.88. The largest absolute Gasteiger partial charge is 0.455 e. The van der Waals surface area contributed by atoms with Gasteiger partial charge in [-0.1, -0.05) is 140 Å². The van der Waals surface area contributed by atoms with Crippen LogP contribution in [0.25, 0.3) is 99.9 Å². The van der Waals surface area contributed by atoms with Gasteiger partial charge in [0, 0.05) is 32.7 Å². The van der Waals surface area contributed by atoms with Crippen molar-refractivity contribution >= 4 is 54.6 Å². The minimum atomic E-state index is 0.542. The molecule has 0 saturated heterocycles. The fraction of sp³-hybridized carbons (Fsp3) is 0. The lowest BCUT2D eigenvalue weighted by atomic mass is 9.99. The van der Waals surface area contributed by atoms with Crippen molar-refractivity contribution in [2.24, 2.45) is 0 Å². The zero-order valence-corrected chi connectivity index (χ0v) is 25.6. The maximum absolute atomic E-state index is 6.85. The molecule has 0 bridgehead atoms. The van der Waals surface area contributed by atoms with E-state index in [9.17, 15) is 0 Å². The van der Waals surface area contributed by atoms with Gasteiger partial charge in [-0.25, -0.2) is 15.0 Å². The van der Waals surface area contributed by atoms with E-state index < -0.39 is 0 Å². The van der Waals surface area contributed by atoms with E-state index in [2.05, 4.69) is 78.9 Å². The van der Waals surface area contributed by atoms with E-state index in [0.717, 1.165) is 76.9 Å². The Morgan fingerprint density at radius 1 is 0.312 bits per heavy atom. The van der Waals surface area contributed by atoms with Gasteiger partial charge in [0.1, 0.15) is 22.3 Å². The summed E-state index contributed by atoms with van der Waals surface area (Å²) >= 11 is 0. The Morgan fingerprint density at radius 3 is 1.60 bits per heavy atom. The van der Waals surface area contributed by atoms with Gasteiger partial charge in [0.25, 0.3) is 0 Å². The lowest BCUT2D eigenvalue weighted by Gasteiger charge is -2.09. The Hall–Kier alpha value is -6.59. The van der Waals surface area contributed by atoms with Gasteiger partial charge in [0.15, 0.2) is 17.5 Å². The van der Waals surface area contributed by atoms with Gasteiger partial charge < -0.3 is 8.83 Å². The highest BCUT2D eigenvalue weighted by atomic mass is 16.3. The number of furan rings is 2. The summed E-state index contributed by atoms with van der Waals surface area (Å²) in [5.41, 5.74) is 8.07. The van der Waals surface area contributed by atoms with Crippen LogP contribution < -0.4 is 0 Å². The van der Waals surface area contributed by atoms with Crippen molar-refractivity contribution in [3.05, 3.63) is 152 Å². The summed E-state index contributed by atoms with van der Waals surface area (Å²) < 4.78 is 13.4. The molecule has 5 heteroatoms. The molecule has 224 valence electrons. The first-order valence-electron chi connectivity index (χ1n) is 15.9. The second-order valence-corrected chi connectivity index (χ2v) is 12.0. The third-order valence-corrected chi connectivity index (χ3v) is 9.14. The van der Waals surface area contributed by atoms with Gasteiger partial charge in [-0.05, 0) is 28.6 Å². The molecule has 10 aromatic rings. The Morgan fingerprint density at radius 2 is 0.854 bits per heavy atom. The lowest BCUT2D eigenvalue weighted by Crippen LogP contribution is -2.00. The van der Waals surface area contributed by atoms with E-state index in [1.165, 1.54) is 0 Å². The number of rotatable bonds is 4. The molecule has 0 saturated carbocycles. The zero-order chi connectivity index (χ0) is 31.6. The highest BCUT2D eigenvalue weighted by Crippen LogP contribution is 2.46. The number of fused-ring (bicyclic) bond motifs is 10. The van der Waals surface area contributed by atoms with Gasteiger partial charge in [0.05, 0.1) is 10.9 Å². The molecule has 3 heterocycles. The van der Waals surface area contributed by atoms with Crippen molar-refractivity contribution in [1.82, 2.24) is 15.0 Å². The standard InChI is InChI=1S/C43H25N3O2/c1-3-12-26(13-4-1)27-22-24-29(25-23-27)42-44-41(28-14-5-2-6-15-28)45-43(46-42)34-20-11-19-33-37-39(48-38(33)34)31-17-8-7-16-30(31)36-32-18-9-10-21-35(32)47-40(36)37/h1-25H. The van der Waals surface area contributed by atoms with E-state index in [0.29, 0.717) is 23.1 Å². The molecule has 3 aromatic heterocycles. The van der Waals surface area contributed by atoms with Crippen LogP contribution in [0.4, 0.5) is 0 Å². The average molecular weight is 616 g/mol. The second-order valence-electron chi connectivity index (χ2n) is 12.0. The van der Waals surface area contributed by atoms with Crippen LogP contribution in [0.15, 0.2) is 160 Å². The third-order valence-electron chi connectivity index (χ3n) is 9.14. The predicted molar refractivity (Wildman–Crippen MR) is 194 cm³/mol. The molecule has 0 aliphatic heterocycles. The number of para-hydroxylation sites is 2. The Labute approximate surface area is 274 Å². The van der Waals surface area contributed by atoms with E-state index in [4.69, 9.17) is 23.8 Å².